The summed E-state index contributed by atoms with van der Waals surface area (Å²) in [7, 11) is 14.8. The Morgan fingerprint density at radius 3 is 1.22 bits per heavy atom. The monoisotopic (exact) mass is 726 g/mol. The maximum absolute atomic E-state index is 13.7. The first-order valence-corrected chi connectivity index (χ1v) is 17.3. The lowest BCUT2D eigenvalue weighted by Gasteiger charge is -2.06. The van der Waals surface area contributed by atoms with Gasteiger partial charge < -0.3 is 0 Å². The van der Waals surface area contributed by atoms with Gasteiger partial charge in [0.25, 0.3) is 0 Å². The largest absolute Gasteiger partial charge is 0.206 e. The third kappa shape index (κ3) is 10.1. The van der Waals surface area contributed by atoms with E-state index in [1.165, 1.54) is 6.07 Å². The number of hydrogen-bond acceptors (Lipinski definition) is 0. The van der Waals surface area contributed by atoms with E-state index in [1.54, 1.807) is 42.5 Å². The smallest absolute Gasteiger partial charge is 0.167 e. The van der Waals surface area contributed by atoms with Gasteiger partial charge in [0.15, 0.2) is 11.6 Å². The number of benzene rings is 6. The molecule has 46 heavy (non-hydrogen) atoms. The molecule has 6 atom stereocenters. The van der Waals surface area contributed by atoms with Gasteiger partial charge in [-0.2, -0.15) is 0 Å². The molecule has 0 aliphatic rings. The van der Waals surface area contributed by atoms with Crippen LogP contribution in [0.25, 0.3) is 33.4 Å². The summed E-state index contributed by atoms with van der Waals surface area (Å²) in [6.07, 6.45) is 0. The van der Waals surface area contributed by atoms with Gasteiger partial charge >= 0.3 is 0 Å². The average Bonchev–Trinajstić information content (AvgIpc) is 3.04. The molecular formula is C36H32F4P6. The molecule has 0 fully saturated rings. The molecule has 234 valence electrons. The van der Waals surface area contributed by atoms with E-state index in [2.05, 4.69) is 55.4 Å². The summed E-state index contributed by atoms with van der Waals surface area (Å²) in [6.45, 7) is 0. The van der Waals surface area contributed by atoms with Crippen molar-refractivity contribution >= 4 is 87.3 Å². The fourth-order valence-corrected chi connectivity index (χ4v) is 5.48. The lowest BCUT2D eigenvalue weighted by molar-refractivity contribution is 0.517. The van der Waals surface area contributed by atoms with E-state index in [0.717, 1.165) is 37.9 Å². The van der Waals surface area contributed by atoms with E-state index in [9.17, 15) is 17.6 Å². The molecule has 0 aliphatic carbocycles. The molecule has 0 nitrogen and oxygen atoms in total. The van der Waals surface area contributed by atoms with Crippen molar-refractivity contribution in [3.05, 3.63) is 145 Å². The highest BCUT2D eigenvalue weighted by molar-refractivity contribution is 7.28. The summed E-state index contributed by atoms with van der Waals surface area (Å²) in [5, 5.41) is 4.93. The second kappa shape index (κ2) is 17.1. The predicted octanol–water partition coefficient (Wildman–Crippen LogP) is 7.62. The summed E-state index contributed by atoms with van der Waals surface area (Å²) in [5.74, 6) is -1.98. The fraction of sp³-hybridized carbons (Fsp3) is 0. The van der Waals surface area contributed by atoms with Gasteiger partial charge in [-0.3, -0.25) is 0 Å². The Morgan fingerprint density at radius 1 is 0.304 bits per heavy atom. The molecule has 6 aromatic carbocycles. The molecule has 6 rings (SSSR count). The molecule has 0 amide bonds. The van der Waals surface area contributed by atoms with Crippen LogP contribution in [0.15, 0.2) is 121 Å². The normalized spacial score (nSPS) is 10.4. The first-order valence-electron chi connectivity index (χ1n) is 13.8. The third-order valence-electron chi connectivity index (χ3n) is 6.79. The highest BCUT2D eigenvalue weighted by atomic mass is 31.0. The van der Waals surface area contributed by atoms with Crippen molar-refractivity contribution < 1.29 is 17.6 Å². The minimum absolute atomic E-state index is 0.181. The van der Waals surface area contributed by atoms with Gasteiger partial charge in [0.1, 0.15) is 11.6 Å². The highest BCUT2D eigenvalue weighted by Gasteiger charge is 2.12. The highest BCUT2D eigenvalue weighted by Crippen LogP contribution is 2.24. The molecule has 6 aromatic rings. The first-order chi connectivity index (χ1) is 21.9. The summed E-state index contributed by atoms with van der Waals surface area (Å²) >= 11 is 0. The van der Waals surface area contributed by atoms with Crippen LogP contribution < -0.4 is 31.8 Å². The fourth-order valence-electron chi connectivity index (χ4n) is 4.26. The lowest BCUT2D eigenvalue weighted by atomic mass is 10.1. The summed E-state index contributed by atoms with van der Waals surface area (Å²) in [6, 6.07) is 36.5. The SMILES string of the molecule is Fc1c(P)ccc(-c2ccc(P)cc2)c1F.Fc1cc(-c2ccc(P)cc2)ccc1P.Fc1cc(P)ccc1-c1ccc(P)cc1. The minimum atomic E-state index is -0.808. The van der Waals surface area contributed by atoms with Crippen LogP contribution in [0.3, 0.4) is 0 Å². The third-order valence-corrected chi connectivity index (χ3v) is 9.22. The van der Waals surface area contributed by atoms with Crippen molar-refractivity contribution in [1.82, 2.24) is 0 Å². The number of hydrogen-bond donors (Lipinski definition) is 0. The molecule has 0 saturated carbocycles. The zero-order chi connectivity index (χ0) is 33.4. The Bertz CT molecular complexity index is 1930. The molecule has 10 heteroatoms. The van der Waals surface area contributed by atoms with Crippen LogP contribution in [-0.2, 0) is 0 Å². The standard InChI is InChI=1S/C12H10F2P2.2C12H11FP2/c13-11-9(5-6-10(16)12(11)14)7-1-3-8(15)4-2-7;13-11-7-9(3-6-12(11)15)8-1-4-10(14)5-2-8;13-12-7-10(15)5-6-11(12)8-1-3-9(14)4-2-8/h1-6H,15-16H2;2*1-7H,14-15H2. The molecule has 0 bridgehead atoms. The second-order valence-electron chi connectivity index (χ2n) is 10.2. The van der Waals surface area contributed by atoms with Crippen molar-refractivity contribution in [2.75, 3.05) is 0 Å². The first kappa shape index (κ1) is 36.5. The van der Waals surface area contributed by atoms with Crippen LogP contribution in [0.2, 0.25) is 0 Å². The maximum Gasteiger partial charge on any atom is 0.167 e. The van der Waals surface area contributed by atoms with Crippen molar-refractivity contribution in [3.63, 3.8) is 0 Å². The van der Waals surface area contributed by atoms with Crippen molar-refractivity contribution in [2.24, 2.45) is 0 Å². The molecule has 0 aliphatic heterocycles. The predicted molar refractivity (Wildman–Crippen MR) is 212 cm³/mol. The van der Waals surface area contributed by atoms with Gasteiger partial charge in [-0.05, 0) is 55.6 Å². The summed E-state index contributed by atoms with van der Waals surface area (Å²) in [4.78, 5) is 0. The zero-order valence-electron chi connectivity index (χ0n) is 24.5. The Balaban J connectivity index is 0.000000157. The lowest BCUT2D eigenvalue weighted by Crippen LogP contribution is -2.03. The van der Waals surface area contributed by atoms with Crippen molar-refractivity contribution in [1.29, 1.82) is 0 Å². The van der Waals surface area contributed by atoms with Crippen molar-refractivity contribution in [2.45, 2.75) is 0 Å². The van der Waals surface area contributed by atoms with Crippen LogP contribution in [-0.4, -0.2) is 0 Å². The Hall–Kier alpha value is -2.38. The van der Waals surface area contributed by atoms with Gasteiger partial charge in [0.2, 0.25) is 0 Å². The van der Waals surface area contributed by atoms with Crippen LogP contribution >= 0.6 is 55.4 Å². The van der Waals surface area contributed by atoms with E-state index < -0.39 is 11.6 Å². The molecule has 0 N–H and O–H groups in total. The molecular weight excluding hydrogens is 694 g/mol. The number of rotatable bonds is 3. The van der Waals surface area contributed by atoms with Crippen molar-refractivity contribution in [3.8, 4) is 33.4 Å². The summed E-state index contributed by atoms with van der Waals surface area (Å²) < 4.78 is 53.9. The van der Waals surface area contributed by atoms with Gasteiger partial charge in [-0.15, -0.1) is 55.4 Å². The van der Waals surface area contributed by atoms with Crippen LogP contribution in [0.1, 0.15) is 0 Å². The maximum atomic E-state index is 13.7. The average molecular weight is 726 g/mol. The second-order valence-corrected chi connectivity index (χ2v) is 14.1. The van der Waals surface area contributed by atoms with E-state index in [-0.39, 0.29) is 22.5 Å². The molecule has 0 aromatic heterocycles. The van der Waals surface area contributed by atoms with Gasteiger partial charge in [-0.25, -0.2) is 17.6 Å². The van der Waals surface area contributed by atoms with Crippen LogP contribution in [0, 0.1) is 23.3 Å². The topological polar surface area (TPSA) is 0 Å². The van der Waals surface area contributed by atoms with Crippen LogP contribution in [0.5, 0.6) is 0 Å². The molecule has 0 radical (unpaired) electrons. The molecule has 0 heterocycles. The van der Waals surface area contributed by atoms with E-state index in [0.29, 0.717) is 16.4 Å². The van der Waals surface area contributed by atoms with Gasteiger partial charge in [-0.1, -0.05) is 109 Å². The Morgan fingerprint density at radius 2 is 0.717 bits per heavy atom. The van der Waals surface area contributed by atoms with Gasteiger partial charge in [0, 0.05) is 21.7 Å². The summed E-state index contributed by atoms with van der Waals surface area (Å²) in [5.41, 5.74) is 4.45. The quantitative estimate of drug-likeness (QED) is 0.130. The minimum Gasteiger partial charge on any atom is -0.206 e. The molecule has 0 saturated heterocycles. The van der Waals surface area contributed by atoms with E-state index >= 15 is 0 Å². The van der Waals surface area contributed by atoms with E-state index in [4.69, 9.17) is 0 Å². The Kier molecular flexibility index (Phi) is 13.6. The Labute approximate surface area is 281 Å². The molecule has 0 spiro atoms. The van der Waals surface area contributed by atoms with Crippen LogP contribution in [0.4, 0.5) is 17.6 Å². The molecule has 6 unspecified atom stereocenters. The van der Waals surface area contributed by atoms with Gasteiger partial charge in [0.05, 0.1) is 0 Å². The van der Waals surface area contributed by atoms with E-state index in [1.807, 2.05) is 72.8 Å². The number of halogens is 4. The zero-order valence-corrected chi connectivity index (χ0v) is 31.5.